The fourth-order valence-corrected chi connectivity index (χ4v) is 4.83. The van der Waals surface area contributed by atoms with Gasteiger partial charge in [-0.2, -0.15) is 0 Å². The van der Waals surface area contributed by atoms with Gasteiger partial charge in [0.2, 0.25) is 0 Å². The molecule has 2 aromatic carbocycles. The minimum Gasteiger partial charge on any atom is -0.465 e. The number of fused-ring (bicyclic) bond motifs is 1. The number of ether oxygens (including phenoxy) is 2. The monoisotopic (exact) mass is 450 g/mol. The fourth-order valence-electron chi connectivity index (χ4n) is 3.95. The molecule has 2 atom stereocenters. The summed E-state index contributed by atoms with van der Waals surface area (Å²) in [4.78, 5) is 22.9. The molecule has 0 amide bonds. The van der Waals surface area contributed by atoms with Gasteiger partial charge in [-0.15, -0.1) is 0 Å². The number of esters is 1. The minimum atomic E-state index is -0.402. The molecule has 2 heterocycles. The molecule has 2 aromatic heterocycles. The van der Waals surface area contributed by atoms with Crippen LogP contribution in [0.1, 0.15) is 35.3 Å². The molecule has 32 heavy (non-hydrogen) atoms. The number of carbonyl (C=O) groups excluding carboxylic acids is 1. The molecule has 4 rings (SSSR count). The second-order valence-corrected chi connectivity index (χ2v) is 8.72. The van der Waals surface area contributed by atoms with E-state index in [1.165, 1.54) is 24.0 Å². The molecule has 0 bridgehead atoms. The molecule has 0 aliphatic heterocycles. The van der Waals surface area contributed by atoms with Gasteiger partial charge in [-0.05, 0) is 56.4 Å². The van der Waals surface area contributed by atoms with Gasteiger partial charge in [0.15, 0.2) is 0 Å². The number of imidazole rings is 1. The van der Waals surface area contributed by atoms with E-state index in [1.807, 2.05) is 24.8 Å². The highest BCUT2D eigenvalue weighted by molar-refractivity contribution is 7.20. The van der Waals surface area contributed by atoms with Gasteiger partial charge in [0.25, 0.3) is 5.19 Å². The maximum atomic E-state index is 11.8. The zero-order chi connectivity index (χ0) is 22.7. The molecular formula is C24H26N4O3S. The number of carbonyl (C=O) groups is 1. The lowest BCUT2D eigenvalue weighted by Gasteiger charge is -2.33. The highest BCUT2D eigenvalue weighted by Gasteiger charge is 2.25. The Kier molecular flexibility index (Phi) is 6.53. The van der Waals surface area contributed by atoms with Crippen molar-refractivity contribution in [1.29, 1.82) is 0 Å². The summed E-state index contributed by atoms with van der Waals surface area (Å²) in [5.74, 6) is 0.142. The van der Waals surface area contributed by atoms with Crippen LogP contribution in [0, 0.1) is 0 Å². The minimum absolute atomic E-state index is 0.130. The Morgan fingerprint density at radius 1 is 1.22 bits per heavy atom. The van der Waals surface area contributed by atoms with Gasteiger partial charge in [-0.25, -0.2) is 14.8 Å². The van der Waals surface area contributed by atoms with E-state index in [-0.39, 0.29) is 6.04 Å². The van der Waals surface area contributed by atoms with E-state index in [9.17, 15) is 4.79 Å². The summed E-state index contributed by atoms with van der Waals surface area (Å²) in [7, 11) is 5.58. The van der Waals surface area contributed by atoms with E-state index in [1.54, 1.807) is 24.3 Å². The van der Waals surface area contributed by atoms with Crippen molar-refractivity contribution in [3.63, 3.8) is 0 Å². The summed E-state index contributed by atoms with van der Waals surface area (Å²) >= 11 is 1.48. The van der Waals surface area contributed by atoms with Gasteiger partial charge < -0.3 is 18.9 Å². The highest BCUT2D eigenvalue weighted by atomic mass is 32.1. The Balaban J connectivity index is 1.66. The first kappa shape index (κ1) is 22.0. The third-order valence-electron chi connectivity index (χ3n) is 5.49. The summed E-state index contributed by atoms with van der Waals surface area (Å²) < 4.78 is 13.9. The number of thiazole rings is 1. The number of nitrogens with zero attached hydrogens (tertiary/aromatic N) is 4. The number of rotatable bonds is 8. The molecule has 8 heteroatoms. The van der Waals surface area contributed by atoms with E-state index < -0.39 is 5.97 Å². The van der Waals surface area contributed by atoms with Crippen molar-refractivity contribution in [3.05, 3.63) is 72.3 Å². The molecule has 0 saturated carbocycles. The van der Waals surface area contributed by atoms with Crippen LogP contribution in [0.5, 0.6) is 10.9 Å². The molecule has 4 aromatic rings. The first-order valence-electron chi connectivity index (χ1n) is 10.4. The smallest absolute Gasteiger partial charge is 0.337 e. The molecule has 0 saturated heterocycles. The second-order valence-electron chi connectivity index (χ2n) is 7.72. The predicted octanol–water partition coefficient (Wildman–Crippen LogP) is 5.00. The Morgan fingerprint density at radius 2 is 2.06 bits per heavy atom. The van der Waals surface area contributed by atoms with Crippen molar-refractivity contribution < 1.29 is 14.3 Å². The van der Waals surface area contributed by atoms with Crippen LogP contribution in [-0.2, 0) is 4.74 Å². The van der Waals surface area contributed by atoms with Gasteiger partial charge in [-0.3, -0.25) is 0 Å². The summed E-state index contributed by atoms with van der Waals surface area (Å²) in [5, 5.41) is 0.526. The normalized spacial score (nSPS) is 13.3. The lowest BCUT2D eigenvalue weighted by molar-refractivity contribution is 0.0600. The SMILES string of the molecule is CCC(C(c1ccc2nc(Oc3cccc(C(=O)OC)c3)sc2c1)n1ccnc1)N(C)C. The lowest BCUT2D eigenvalue weighted by Crippen LogP contribution is -2.36. The van der Waals surface area contributed by atoms with Crippen LogP contribution >= 0.6 is 11.3 Å². The molecule has 166 valence electrons. The van der Waals surface area contributed by atoms with Gasteiger partial charge in [0.05, 0.1) is 35.3 Å². The van der Waals surface area contributed by atoms with Crippen molar-refractivity contribution in [3.8, 4) is 10.9 Å². The molecule has 0 aliphatic carbocycles. The first-order valence-corrected chi connectivity index (χ1v) is 11.2. The number of methoxy groups -OCH3 is 1. The van der Waals surface area contributed by atoms with Crippen LogP contribution < -0.4 is 4.74 Å². The van der Waals surface area contributed by atoms with Crippen LogP contribution in [-0.4, -0.2) is 52.7 Å². The summed E-state index contributed by atoms with van der Waals surface area (Å²) in [6.07, 6.45) is 6.70. The average molecular weight is 451 g/mol. The zero-order valence-corrected chi connectivity index (χ0v) is 19.4. The van der Waals surface area contributed by atoms with E-state index in [2.05, 4.69) is 52.6 Å². The highest BCUT2D eigenvalue weighted by Crippen LogP contribution is 2.35. The van der Waals surface area contributed by atoms with E-state index in [0.717, 1.165) is 16.6 Å². The van der Waals surface area contributed by atoms with E-state index in [0.29, 0.717) is 22.5 Å². The number of hydrogen-bond acceptors (Lipinski definition) is 7. The standard InChI is InChI=1S/C24H26N4O3S/c1-5-20(27(2)3)22(28-12-11-25-15-28)16-9-10-19-21(14-16)32-24(26-19)31-18-8-6-7-17(13-18)23(29)30-4/h6-15,20,22H,5H2,1-4H3. The molecule has 0 fully saturated rings. The largest absolute Gasteiger partial charge is 0.465 e. The topological polar surface area (TPSA) is 69.5 Å². The van der Waals surface area contributed by atoms with Gasteiger partial charge in [0, 0.05) is 18.4 Å². The summed E-state index contributed by atoms with van der Waals surface area (Å²) in [5.41, 5.74) is 2.50. The van der Waals surface area contributed by atoms with E-state index in [4.69, 9.17) is 9.47 Å². The van der Waals surface area contributed by atoms with Gasteiger partial charge in [-0.1, -0.05) is 30.4 Å². The molecule has 2 unspecified atom stereocenters. The third kappa shape index (κ3) is 4.51. The molecule has 0 spiro atoms. The predicted molar refractivity (Wildman–Crippen MR) is 126 cm³/mol. The van der Waals surface area contributed by atoms with Gasteiger partial charge in [0.1, 0.15) is 5.75 Å². The Hall–Kier alpha value is -3.23. The van der Waals surface area contributed by atoms with Crippen LogP contribution in [0.4, 0.5) is 0 Å². The maximum absolute atomic E-state index is 11.8. The van der Waals surface area contributed by atoms with Gasteiger partial charge >= 0.3 is 5.97 Å². The van der Waals surface area contributed by atoms with Crippen LogP contribution in [0.3, 0.4) is 0 Å². The van der Waals surface area contributed by atoms with Crippen molar-refractivity contribution in [2.45, 2.75) is 25.4 Å². The van der Waals surface area contributed by atoms with Crippen molar-refractivity contribution >= 4 is 27.5 Å². The summed E-state index contributed by atoms with van der Waals surface area (Å²) in [6, 6.07) is 13.7. The molecule has 0 aliphatic rings. The van der Waals surface area contributed by atoms with Crippen molar-refractivity contribution in [1.82, 2.24) is 19.4 Å². The van der Waals surface area contributed by atoms with E-state index >= 15 is 0 Å². The number of benzene rings is 2. The van der Waals surface area contributed by atoms with Crippen LogP contribution in [0.25, 0.3) is 10.2 Å². The Labute approximate surface area is 191 Å². The molecule has 7 nitrogen and oxygen atoms in total. The summed E-state index contributed by atoms with van der Waals surface area (Å²) in [6.45, 7) is 2.20. The first-order chi connectivity index (χ1) is 15.5. The maximum Gasteiger partial charge on any atom is 0.337 e. The number of aromatic nitrogens is 3. The fraction of sp³-hybridized carbons (Fsp3) is 0.292. The van der Waals surface area contributed by atoms with Crippen molar-refractivity contribution in [2.75, 3.05) is 21.2 Å². The average Bonchev–Trinajstić information content (AvgIpc) is 3.45. The van der Waals surface area contributed by atoms with Crippen LogP contribution in [0.2, 0.25) is 0 Å². The number of hydrogen-bond donors (Lipinski definition) is 0. The second kappa shape index (κ2) is 9.50. The van der Waals surface area contributed by atoms with Crippen LogP contribution in [0.15, 0.2) is 61.2 Å². The zero-order valence-electron chi connectivity index (χ0n) is 18.6. The third-order valence-corrected chi connectivity index (χ3v) is 6.38. The Morgan fingerprint density at radius 3 is 2.75 bits per heavy atom. The van der Waals surface area contributed by atoms with Crippen molar-refractivity contribution in [2.24, 2.45) is 0 Å². The number of likely N-dealkylation sites (N-methyl/N-ethyl adjacent to an activating group) is 1. The molecule has 0 radical (unpaired) electrons. The quantitative estimate of drug-likeness (QED) is 0.352. The Bertz CT molecular complexity index is 1200. The molecular weight excluding hydrogens is 424 g/mol. The molecule has 0 N–H and O–H groups in total. The lowest BCUT2D eigenvalue weighted by atomic mass is 9.96.